The van der Waals surface area contributed by atoms with Crippen molar-refractivity contribution in [3.05, 3.63) is 11.6 Å². The van der Waals surface area contributed by atoms with Gasteiger partial charge in [-0.05, 0) is 37.5 Å². The highest BCUT2D eigenvalue weighted by molar-refractivity contribution is 5.93. The number of ether oxygens (including phenoxy) is 1. The molecule has 0 aromatic heterocycles. The molecule has 2 atom stereocenters. The van der Waals surface area contributed by atoms with Crippen molar-refractivity contribution in [3.8, 4) is 0 Å². The monoisotopic (exact) mass is 346 g/mol. The molecule has 1 spiro atoms. The number of rotatable bonds is 4. The summed E-state index contributed by atoms with van der Waals surface area (Å²) < 4.78 is 5.29. The highest BCUT2D eigenvalue weighted by atomic mass is 16.5. The van der Waals surface area contributed by atoms with E-state index in [2.05, 4.69) is 12.2 Å². The topological polar surface area (TPSA) is 58.6 Å². The summed E-state index contributed by atoms with van der Waals surface area (Å²) in [7, 11) is 0. The van der Waals surface area contributed by atoms with Crippen LogP contribution in [0.25, 0.3) is 0 Å². The second kappa shape index (κ2) is 6.42. The summed E-state index contributed by atoms with van der Waals surface area (Å²) in [6, 6.07) is 0. The van der Waals surface area contributed by atoms with Crippen molar-refractivity contribution in [1.29, 1.82) is 0 Å². The summed E-state index contributed by atoms with van der Waals surface area (Å²) in [6.07, 6.45) is 9.57. The van der Waals surface area contributed by atoms with Gasteiger partial charge in [0, 0.05) is 43.0 Å². The molecule has 0 bridgehead atoms. The van der Waals surface area contributed by atoms with Gasteiger partial charge in [0.15, 0.2) is 0 Å². The van der Waals surface area contributed by atoms with Gasteiger partial charge in [0.05, 0.1) is 13.2 Å². The van der Waals surface area contributed by atoms with E-state index in [0.717, 1.165) is 31.5 Å². The van der Waals surface area contributed by atoms with E-state index < -0.39 is 0 Å². The first kappa shape index (κ1) is 17.1. The standard InChI is InChI=1S/C20H30N2O3/c1-19(13-21-17(23)16-3-2-6-20(16)7-8-20)9-10-22(14-19)18(24)15-4-11-25-12-5-15/h4,16H,2-3,5-14H2,1H3,(H,21,23). The lowest BCUT2D eigenvalue weighted by molar-refractivity contribution is -0.127. The van der Waals surface area contributed by atoms with Crippen LogP contribution in [-0.4, -0.2) is 49.6 Å². The minimum atomic E-state index is -0.00757. The first-order chi connectivity index (χ1) is 12.0. The van der Waals surface area contributed by atoms with Gasteiger partial charge in [-0.3, -0.25) is 9.59 Å². The maximum atomic E-state index is 12.6. The number of carbonyl (C=O) groups excluding carboxylic acids is 2. The molecule has 5 nitrogen and oxygen atoms in total. The Morgan fingerprint density at radius 3 is 2.88 bits per heavy atom. The Balaban J connectivity index is 1.30. The Bertz CT molecular complexity index is 596. The molecule has 2 saturated carbocycles. The number of amides is 2. The summed E-state index contributed by atoms with van der Waals surface area (Å²) in [5.74, 6) is 0.654. The fraction of sp³-hybridized carbons (Fsp3) is 0.800. The van der Waals surface area contributed by atoms with Gasteiger partial charge in [0.25, 0.3) is 0 Å². The van der Waals surface area contributed by atoms with Crippen LogP contribution < -0.4 is 5.32 Å². The third-order valence-electron chi connectivity index (χ3n) is 6.89. The van der Waals surface area contributed by atoms with E-state index in [1.807, 2.05) is 11.0 Å². The van der Waals surface area contributed by atoms with Gasteiger partial charge in [0.1, 0.15) is 0 Å². The van der Waals surface area contributed by atoms with Crippen molar-refractivity contribution in [3.63, 3.8) is 0 Å². The van der Waals surface area contributed by atoms with E-state index >= 15 is 0 Å². The molecule has 4 rings (SSSR count). The lowest BCUT2D eigenvalue weighted by atomic mass is 9.88. The Kier molecular flexibility index (Phi) is 4.38. The quantitative estimate of drug-likeness (QED) is 0.849. The predicted molar refractivity (Wildman–Crippen MR) is 94.8 cm³/mol. The van der Waals surface area contributed by atoms with Crippen LogP contribution in [0.15, 0.2) is 11.6 Å². The van der Waals surface area contributed by atoms with Gasteiger partial charge >= 0.3 is 0 Å². The zero-order valence-electron chi connectivity index (χ0n) is 15.3. The third kappa shape index (κ3) is 3.35. The van der Waals surface area contributed by atoms with Crippen LogP contribution in [0.4, 0.5) is 0 Å². The number of hydrogen-bond acceptors (Lipinski definition) is 3. The fourth-order valence-corrected chi connectivity index (χ4v) is 5.00. The summed E-state index contributed by atoms with van der Waals surface area (Å²) in [6.45, 7) is 5.59. The van der Waals surface area contributed by atoms with Gasteiger partial charge in [-0.1, -0.05) is 19.4 Å². The third-order valence-corrected chi connectivity index (χ3v) is 6.89. The minimum Gasteiger partial charge on any atom is -0.377 e. The van der Waals surface area contributed by atoms with E-state index in [0.29, 0.717) is 31.6 Å². The van der Waals surface area contributed by atoms with Crippen molar-refractivity contribution in [1.82, 2.24) is 10.2 Å². The van der Waals surface area contributed by atoms with Crippen LogP contribution in [0.2, 0.25) is 0 Å². The van der Waals surface area contributed by atoms with Crippen LogP contribution in [-0.2, 0) is 14.3 Å². The molecule has 0 aromatic rings. The van der Waals surface area contributed by atoms with Gasteiger partial charge in [-0.2, -0.15) is 0 Å². The molecule has 2 unspecified atom stereocenters. The number of nitrogens with zero attached hydrogens (tertiary/aromatic N) is 1. The van der Waals surface area contributed by atoms with Crippen molar-refractivity contribution in [2.75, 3.05) is 32.8 Å². The SMILES string of the molecule is CC1(CNC(=O)C2CCCC23CC3)CCN(C(=O)C2=CCOCC2)C1. The fourth-order valence-electron chi connectivity index (χ4n) is 5.00. The molecular formula is C20H30N2O3. The molecule has 0 radical (unpaired) electrons. The average Bonchev–Trinajstić information content (AvgIpc) is 3.10. The van der Waals surface area contributed by atoms with Gasteiger partial charge < -0.3 is 15.0 Å². The van der Waals surface area contributed by atoms with E-state index in [1.54, 1.807) is 0 Å². The van der Waals surface area contributed by atoms with Crippen LogP contribution >= 0.6 is 0 Å². The Hall–Kier alpha value is -1.36. The van der Waals surface area contributed by atoms with Crippen LogP contribution in [0.3, 0.4) is 0 Å². The summed E-state index contributed by atoms with van der Waals surface area (Å²) in [4.78, 5) is 27.3. The number of likely N-dealkylation sites (tertiary alicyclic amines) is 1. The van der Waals surface area contributed by atoms with E-state index in [9.17, 15) is 9.59 Å². The maximum Gasteiger partial charge on any atom is 0.249 e. The molecule has 1 N–H and O–H groups in total. The molecule has 4 aliphatic rings. The molecule has 138 valence electrons. The smallest absolute Gasteiger partial charge is 0.249 e. The number of nitrogens with one attached hydrogen (secondary N) is 1. The van der Waals surface area contributed by atoms with Gasteiger partial charge in [-0.15, -0.1) is 0 Å². The minimum absolute atomic E-state index is 0.00757. The van der Waals surface area contributed by atoms with E-state index in [1.165, 1.54) is 25.7 Å². The predicted octanol–water partition coefficient (Wildman–Crippen LogP) is 2.27. The van der Waals surface area contributed by atoms with Crippen molar-refractivity contribution in [2.24, 2.45) is 16.7 Å². The zero-order chi connectivity index (χ0) is 17.5. The molecule has 2 heterocycles. The van der Waals surface area contributed by atoms with E-state index in [-0.39, 0.29) is 23.1 Å². The summed E-state index contributed by atoms with van der Waals surface area (Å²) in [5, 5.41) is 3.23. The maximum absolute atomic E-state index is 12.6. The molecule has 1 saturated heterocycles. The van der Waals surface area contributed by atoms with Crippen LogP contribution in [0.5, 0.6) is 0 Å². The lowest BCUT2D eigenvalue weighted by Gasteiger charge is -2.27. The van der Waals surface area contributed by atoms with Crippen molar-refractivity contribution < 1.29 is 14.3 Å². The lowest BCUT2D eigenvalue weighted by Crippen LogP contribution is -2.42. The highest BCUT2D eigenvalue weighted by Crippen LogP contribution is 2.61. The molecular weight excluding hydrogens is 316 g/mol. The Morgan fingerprint density at radius 1 is 1.32 bits per heavy atom. The number of hydrogen-bond donors (Lipinski definition) is 1. The van der Waals surface area contributed by atoms with Crippen molar-refractivity contribution in [2.45, 2.75) is 51.9 Å². The zero-order valence-corrected chi connectivity index (χ0v) is 15.3. The highest BCUT2D eigenvalue weighted by Gasteiger charge is 2.54. The molecule has 2 aliphatic heterocycles. The summed E-state index contributed by atoms with van der Waals surface area (Å²) in [5.41, 5.74) is 1.24. The normalized spacial score (nSPS) is 33.4. The Morgan fingerprint density at radius 2 is 2.16 bits per heavy atom. The molecule has 25 heavy (non-hydrogen) atoms. The molecule has 5 heteroatoms. The molecule has 3 fully saturated rings. The van der Waals surface area contributed by atoms with Crippen molar-refractivity contribution >= 4 is 11.8 Å². The first-order valence-corrected chi connectivity index (χ1v) is 9.85. The molecule has 2 aliphatic carbocycles. The average molecular weight is 346 g/mol. The second-order valence-electron chi connectivity index (χ2n) is 8.87. The second-order valence-corrected chi connectivity index (χ2v) is 8.87. The largest absolute Gasteiger partial charge is 0.377 e. The first-order valence-electron chi connectivity index (χ1n) is 9.85. The van der Waals surface area contributed by atoms with E-state index in [4.69, 9.17) is 4.74 Å². The van der Waals surface area contributed by atoms with Crippen LogP contribution in [0.1, 0.15) is 51.9 Å². The van der Waals surface area contributed by atoms with Gasteiger partial charge in [0.2, 0.25) is 11.8 Å². The molecule has 0 aromatic carbocycles. The summed E-state index contributed by atoms with van der Waals surface area (Å²) >= 11 is 0. The number of carbonyl (C=O) groups is 2. The Labute approximate surface area is 150 Å². The van der Waals surface area contributed by atoms with Crippen LogP contribution in [0, 0.1) is 16.7 Å². The van der Waals surface area contributed by atoms with Gasteiger partial charge in [-0.25, -0.2) is 0 Å². The molecule has 2 amide bonds.